The van der Waals surface area contributed by atoms with Crippen LogP contribution in [0.1, 0.15) is 46.5 Å². The standard InChI is InChI=1S/C15H22O5/c1-14(2,3)20-13-9-7-15(17,8-18-13)19-11-6-4-5-10(16)12(9)11/h9,13,17H,4-8H2,1-3H3/t9-,13-,15-/m0/s1. The largest absolute Gasteiger partial charge is 0.464 e. The SMILES string of the molecule is CC(C)(C)O[C@@H]1OC[C@]2(O)C[C@H]1C1=C(CCCC1=O)O2. The molecule has 0 saturated carbocycles. The molecule has 0 aromatic carbocycles. The van der Waals surface area contributed by atoms with Crippen LogP contribution in [0.15, 0.2) is 11.3 Å². The number of rotatable bonds is 1. The molecule has 0 amide bonds. The number of Topliss-reactive ketones (excluding diaryl/α,β-unsaturated/α-hetero) is 1. The number of carbonyl (C=O) groups excluding carboxylic acids is 1. The first kappa shape index (κ1) is 14.0. The topological polar surface area (TPSA) is 65.0 Å². The second-order valence-corrected chi connectivity index (χ2v) is 6.88. The number of aliphatic hydroxyl groups is 1. The minimum absolute atomic E-state index is 0.0786. The molecule has 20 heavy (non-hydrogen) atoms. The highest BCUT2D eigenvalue weighted by atomic mass is 16.7. The third kappa shape index (κ3) is 2.50. The Bertz CT molecular complexity index is 461. The van der Waals surface area contributed by atoms with E-state index in [-0.39, 0.29) is 23.9 Å². The first-order valence-electron chi connectivity index (χ1n) is 7.24. The van der Waals surface area contributed by atoms with Crippen molar-refractivity contribution in [3.05, 3.63) is 11.3 Å². The van der Waals surface area contributed by atoms with Crippen molar-refractivity contribution in [2.24, 2.45) is 5.92 Å². The van der Waals surface area contributed by atoms with Crippen molar-refractivity contribution < 1.29 is 24.1 Å². The quantitative estimate of drug-likeness (QED) is 0.795. The lowest BCUT2D eigenvalue weighted by molar-refractivity contribution is -0.325. The minimum atomic E-state index is -1.31. The van der Waals surface area contributed by atoms with E-state index in [1.54, 1.807) is 0 Å². The number of ketones is 1. The molecule has 3 rings (SSSR count). The summed E-state index contributed by atoms with van der Waals surface area (Å²) in [4.78, 5) is 12.2. The van der Waals surface area contributed by atoms with E-state index in [1.165, 1.54) is 0 Å². The van der Waals surface area contributed by atoms with Gasteiger partial charge in [0.25, 0.3) is 0 Å². The lowest BCUT2D eigenvalue weighted by Crippen LogP contribution is -2.55. The Morgan fingerprint density at radius 3 is 2.80 bits per heavy atom. The highest BCUT2D eigenvalue weighted by Gasteiger charge is 2.52. The molecule has 1 fully saturated rings. The third-order valence-electron chi connectivity index (χ3n) is 3.90. The molecule has 5 heteroatoms. The van der Waals surface area contributed by atoms with Gasteiger partial charge in [-0.05, 0) is 27.2 Å². The molecule has 112 valence electrons. The van der Waals surface area contributed by atoms with E-state index in [2.05, 4.69) is 0 Å². The van der Waals surface area contributed by atoms with Crippen molar-refractivity contribution in [2.75, 3.05) is 6.61 Å². The smallest absolute Gasteiger partial charge is 0.232 e. The number of hydrogen-bond acceptors (Lipinski definition) is 5. The van der Waals surface area contributed by atoms with Gasteiger partial charge in [-0.25, -0.2) is 0 Å². The number of ether oxygens (including phenoxy) is 3. The Hall–Kier alpha value is -0.910. The fraction of sp³-hybridized carbons (Fsp3) is 0.800. The van der Waals surface area contributed by atoms with Crippen molar-refractivity contribution in [1.29, 1.82) is 0 Å². The van der Waals surface area contributed by atoms with Crippen LogP contribution in [-0.4, -0.2) is 35.2 Å². The molecule has 2 aliphatic heterocycles. The number of carbonyl (C=O) groups is 1. The molecular weight excluding hydrogens is 260 g/mol. The summed E-state index contributed by atoms with van der Waals surface area (Å²) in [6.07, 6.45) is 1.90. The highest BCUT2D eigenvalue weighted by molar-refractivity contribution is 5.97. The monoisotopic (exact) mass is 282 g/mol. The van der Waals surface area contributed by atoms with Crippen LogP contribution < -0.4 is 0 Å². The van der Waals surface area contributed by atoms with Crippen LogP contribution in [0.5, 0.6) is 0 Å². The summed E-state index contributed by atoms with van der Waals surface area (Å²) in [6.45, 7) is 5.94. The zero-order chi connectivity index (χ0) is 14.5. The second kappa shape index (κ2) is 4.55. The van der Waals surface area contributed by atoms with E-state index >= 15 is 0 Å². The minimum Gasteiger partial charge on any atom is -0.464 e. The van der Waals surface area contributed by atoms with Gasteiger partial charge < -0.3 is 19.3 Å². The summed E-state index contributed by atoms with van der Waals surface area (Å²) >= 11 is 0. The summed E-state index contributed by atoms with van der Waals surface area (Å²) in [5, 5.41) is 10.4. The van der Waals surface area contributed by atoms with Gasteiger partial charge in [0, 0.05) is 30.8 Å². The first-order chi connectivity index (χ1) is 9.27. The van der Waals surface area contributed by atoms with Gasteiger partial charge in [0.2, 0.25) is 5.79 Å². The van der Waals surface area contributed by atoms with Gasteiger partial charge in [-0.3, -0.25) is 4.79 Å². The van der Waals surface area contributed by atoms with Crippen molar-refractivity contribution in [1.82, 2.24) is 0 Å². The molecule has 1 N–H and O–H groups in total. The Kier molecular flexibility index (Phi) is 3.19. The molecule has 2 bridgehead atoms. The average molecular weight is 282 g/mol. The van der Waals surface area contributed by atoms with E-state index in [0.717, 1.165) is 6.42 Å². The normalized spacial score (nSPS) is 37.5. The molecule has 1 saturated heterocycles. The molecule has 3 aliphatic rings. The van der Waals surface area contributed by atoms with Crippen LogP contribution in [0, 0.1) is 5.92 Å². The molecule has 1 aliphatic carbocycles. The van der Waals surface area contributed by atoms with Crippen LogP contribution in [-0.2, 0) is 19.0 Å². The third-order valence-corrected chi connectivity index (χ3v) is 3.90. The fourth-order valence-corrected chi connectivity index (χ4v) is 3.18. The van der Waals surface area contributed by atoms with Crippen molar-refractivity contribution in [3.63, 3.8) is 0 Å². The van der Waals surface area contributed by atoms with Gasteiger partial charge in [-0.15, -0.1) is 0 Å². The van der Waals surface area contributed by atoms with Crippen LogP contribution >= 0.6 is 0 Å². The van der Waals surface area contributed by atoms with Gasteiger partial charge in [-0.2, -0.15) is 0 Å². The van der Waals surface area contributed by atoms with Gasteiger partial charge in [0.1, 0.15) is 12.4 Å². The summed E-state index contributed by atoms with van der Waals surface area (Å²) < 4.78 is 17.2. The molecule has 0 unspecified atom stereocenters. The maximum Gasteiger partial charge on any atom is 0.232 e. The van der Waals surface area contributed by atoms with Crippen molar-refractivity contribution >= 4 is 5.78 Å². The molecule has 0 radical (unpaired) electrons. The van der Waals surface area contributed by atoms with E-state index in [0.29, 0.717) is 30.6 Å². The van der Waals surface area contributed by atoms with E-state index in [4.69, 9.17) is 14.2 Å². The molecular formula is C15H22O5. The molecule has 0 aromatic heterocycles. The van der Waals surface area contributed by atoms with E-state index in [9.17, 15) is 9.90 Å². The Balaban J connectivity index is 1.94. The first-order valence-corrected chi connectivity index (χ1v) is 7.24. The number of fused-ring (bicyclic) bond motifs is 3. The van der Waals surface area contributed by atoms with Gasteiger partial charge >= 0.3 is 0 Å². The highest BCUT2D eigenvalue weighted by Crippen LogP contribution is 2.46. The van der Waals surface area contributed by atoms with Gasteiger partial charge in [0.05, 0.1) is 5.60 Å². The maximum absolute atomic E-state index is 12.2. The fourth-order valence-electron chi connectivity index (χ4n) is 3.18. The summed E-state index contributed by atoms with van der Waals surface area (Å²) in [7, 11) is 0. The lowest BCUT2D eigenvalue weighted by atomic mass is 9.79. The molecule has 0 spiro atoms. The average Bonchev–Trinajstić information content (AvgIpc) is 2.31. The molecule has 0 aromatic rings. The lowest BCUT2D eigenvalue weighted by Gasteiger charge is -2.48. The van der Waals surface area contributed by atoms with Crippen LogP contribution in [0.25, 0.3) is 0 Å². The maximum atomic E-state index is 12.2. The van der Waals surface area contributed by atoms with E-state index < -0.39 is 12.1 Å². The molecule has 5 nitrogen and oxygen atoms in total. The zero-order valence-electron chi connectivity index (χ0n) is 12.3. The van der Waals surface area contributed by atoms with Crippen LogP contribution in [0.4, 0.5) is 0 Å². The van der Waals surface area contributed by atoms with Crippen molar-refractivity contribution in [2.45, 2.75) is 64.1 Å². The van der Waals surface area contributed by atoms with Crippen LogP contribution in [0.2, 0.25) is 0 Å². The van der Waals surface area contributed by atoms with Crippen molar-refractivity contribution in [3.8, 4) is 0 Å². The van der Waals surface area contributed by atoms with Gasteiger partial charge in [-0.1, -0.05) is 0 Å². The van der Waals surface area contributed by atoms with E-state index in [1.807, 2.05) is 20.8 Å². The second-order valence-electron chi connectivity index (χ2n) is 6.88. The number of allylic oxidation sites excluding steroid dienone is 1. The van der Waals surface area contributed by atoms with Crippen LogP contribution in [0.3, 0.4) is 0 Å². The Labute approximate surface area is 118 Å². The van der Waals surface area contributed by atoms with Gasteiger partial charge in [0.15, 0.2) is 12.1 Å². The summed E-state index contributed by atoms with van der Waals surface area (Å²) in [5.41, 5.74) is 0.312. The molecule has 2 heterocycles. The zero-order valence-corrected chi connectivity index (χ0v) is 12.3. The summed E-state index contributed by atoms with van der Waals surface area (Å²) in [6, 6.07) is 0. The Morgan fingerprint density at radius 1 is 1.35 bits per heavy atom. The predicted octanol–water partition coefficient (Wildman–Crippen LogP) is 1.89. The molecule has 3 atom stereocenters. The summed E-state index contributed by atoms with van der Waals surface area (Å²) in [5.74, 6) is -0.791. The Morgan fingerprint density at radius 2 is 2.10 bits per heavy atom. The number of hydrogen-bond donors (Lipinski definition) is 1. The predicted molar refractivity (Wildman–Crippen MR) is 70.6 cm³/mol.